The molecule has 0 bridgehead atoms. The maximum Gasteiger partial charge on any atom is 0.337 e. The molecule has 354 valence electrons. The first-order valence-corrected chi connectivity index (χ1v) is 18.5. The zero-order valence-corrected chi connectivity index (χ0v) is 36.1. The number of aliphatic hydroxyl groups is 2. The van der Waals surface area contributed by atoms with E-state index in [0.29, 0.717) is 27.8 Å². The summed E-state index contributed by atoms with van der Waals surface area (Å²) in [5.41, 5.74) is 4.63. The van der Waals surface area contributed by atoms with Gasteiger partial charge in [0, 0.05) is 38.2 Å². The molecule has 0 unspecified atom stereocenters. The van der Waals surface area contributed by atoms with E-state index >= 15 is 0 Å². The number of aromatic carboxylic acids is 1. The van der Waals surface area contributed by atoms with E-state index < -0.39 is 25.3 Å². The minimum absolute atomic E-state index is 0. The van der Waals surface area contributed by atoms with Crippen LogP contribution in [0.4, 0.5) is 8.78 Å². The van der Waals surface area contributed by atoms with E-state index in [1.54, 1.807) is 84.9 Å². The number of methoxy groups -OCH3 is 3. The van der Waals surface area contributed by atoms with Gasteiger partial charge in [-0.1, -0.05) is 77.1 Å². The van der Waals surface area contributed by atoms with Crippen molar-refractivity contribution in [1.82, 2.24) is 0 Å². The maximum atomic E-state index is 11.6. The van der Waals surface area contributed by atoms with Gasteiger partial charge in [0.05, 0.1) is 43.6 Å². The van der Waals surface area contributed by atoms with E-state index in [4.69, 9.17) is 15.3 Å². The summed E-state index contributed by atoms with van der Waals surface area (Å²) in [5, 5.41) is 24.7. The molecule has 10 nitrogen and oxygen atoms in total. The van der Waals surface area contributed by atoms with Crippen LogP contribution in [0, 0.1) is 94.1 Å². The summed E-state index contributed by atoms with van der Waals surface area (Å²) in [6.07, 6.45) is 4.53. The predicted molar refractivity (Wildman–Crippen MR) is 268 cm³/mol. The van der Waals surface area contributed by atoms with Crippen LogP contribution in [0.1, 0.15) is 93.4 Å². The number of aliphatic hydroxyl groups excluding tert-OH is 2. The van der Waals surface area contributed by atoms with Crippen LogP contribution in [-0.4, -0.2) is 87.1 Å². The number of ether oxygens (including phenoxy) is 3. The average Bonchev–Trinajstić information content (AvgIpc) is 3.34. The normalized spacial score (nSPS) is 7.51. The number of hydrogen-bond donors (Lipinski definition) is 3. The van der Waals surface area contributed by atoms with Crippen molar-refractivity contribution in [3.8, 4) is 94.1 Å². The molecule has 0 saturated carbocycles. The van der Waals surface area contributed by atoms with E-state index in [9.17, 15) is 28.0 Å². The van der Waals surface area contributed by atoms with Crippen molar-refractivity contribution in [2.24, 2.45) is 0 Å². The Labute approximate surface area is 409 Å². The second-order valence-electron chi connectivity index (χ2n) is 10.8. The van der Waals surface area contributed by atoms with Gasteiger partial charge in [0.25, 0.3) is 0 Å². The molecule has 4 aromatic rings. The summed E-state index contributed by atoms with van der Waals surface area (Å²) in [6, 6.07) is 26.2. The number of hydrogen-bond acceptors (Lipinski definition) is 9. The smallest absolute Gasteiger partial charge is 0.337 e. The number of benzene rings is 4. The first-order valence-electron chi connectivity index (χ1n) is 17.7. The molecule has 68 heavy (non-hydrogen) atoms. The van der Waals surface area contributed by atoms with Gasteiger partial charge >= 0.3 is 23.9 Å². The van der Waals surface area contributed by atoms with Crippen LogP contribution in [0.3, 0.4) is 0 Å². The van der Waals surface area contributed by atoms with Gasteiger partial charge in [0.1, 0.15) is 13.2 Å². The Balaban J connectivity index is -0.000000248. The molecule has 0 spiro atoms. The fraction of sp³-hybridized carbons (Fsp3) is 0.200. The van der Waals surface area contributed by atoms with Gasteiger partial charge < -0.3 is 29.5 Å². The van der Waals surface area contributed by atoms with Crippen LogP contribution in [0.2, 0.25) is 0 Å². The van der Waals surface area contributed by atoms with Crippen molar-refractivity contribution in [1.29, 1.82) is 0 Å². The number of carboxylic acid groups (broad SMARTS) is 1. The van der Waals surface area contributed by atoms with Crippen LogP contribution in [0.25, 0.3) is 0 Å². The van der Waals surface area contributed by atoms with Crippen molar-refractivity contribution in [2.45, 2.75) is 29.7 Å². The Morgan fingerprint density at radius 2 is 0.750 bits per heavy atom. The Morgan fingerprint density at radius 1 is 0.485 bits per heavy atom. The summed E-state index contributed by atoms with van der Waals surface area (Å²) in [4.78, 5) is 46.3. The van der Waals surface area contributed by atoms with Crippen LogP contribution < -0.4 is 0 Å². The van der Waals surface area contributed by atoms with Gasteiger partial charge in [-0.15, -0.1) is 6.42 Å². The van der Waals surface area contributed by atoms with Gasteiger partial charge in [-0.05, 0) is 137 Å². The Kier molecular flexibility index (Phi) is 45.5. The van der Waals surface area contributed by atoms with E-state index in [1.165, 1.54) is 33.5 Å². The zero-order valence-electron chi connectivity index (χ0n) is 34.5. The Bertz CT molecular complexity index is 2530. The van der Waals surface area contributed by atoms with E-state index in [-0.39, 0.29) is 60.4 Å². The van der Waals surface area contributed by atoms with Crippen LogP contribution in [-0.2, 0) is 14.2 Å². The van der Waals surface area contributed by atoms with Gasteiger partial charge in [0.2, 0.25) is 0 Å². The van der Waals surface area contributed by atoms with Crippen molar-refractivity contribution in [3.05, 3.63) is 142 Å². The molecule has 13 heteroatoms. The van der Waals surface area contributed by atoms with E-state index in [2.05, 4.69) is 118 Å². The first-order chi connectivity index (χ1) is 31.0. The lowest BCUT2D eigenvalue weighted by Gasteiger charge is -1.97. The number of carbonyl (C=O) groups is 4. The molecule has 0 atom stereocenters. The number of alkyl halides is 2. The number of terminal acetylenes is 1. The third kappa shape index (κ3) is 32.2. The van der Waals surface area contributed by atoms with Crippen molar-refractivity contribution in [2.75, 3.05) is 47.9 Å². The van der Waals surface area contributed by atoms with Gasteiger partial charge in [-0.25, -0.2) is 28.0 Å². The van der Waals surface area contributed by atoms with Gasteiger partial charge in [0.15, 0.2) is 13.3 Å². The second-order valence-corrected chi connectivity index (χ2v) is 11.1. The number of esters is 3. The largest absolute Gasteiger partial charge is 0.478 e. The minimum atomic E-state index is -0.980. The summed E-state index contributed by atoms with van der Waals surface area (Å²) >= 11 is 2.99. The number of carboxylic acids is 1. The lowest BCUT2D eigenvalue weighted by atomic mass is 10.1. The monoisotopic (exact) mass is 990 g/mol. The van der Waals surface area contributed by atoms with Crippen molar-refractivity contribution < 1.29 is 57.5 Å². The highest BCUT2D eigenvalue weighted by Gasteiger charge is 2.05. The Hall–Kier alpha value is -8.50. The van der Waals surface area contributed by atoms with Crippen LogP contribution in [0.15, 0.2) is 97.1 Å². The molecule has 0 amide bonds. The third-order valence-electron chi connectivity index (χ3n) is 6.62. The number of carbonyl (C=O) groups excluding carboxylic acids is 3. The quantitative estimate of drug-likeness (QED) is 0.103. The molecule has 0 heterocycles. The highest BCUT2D eigenvalue weighted by Crippen LogP contribution is 2.07. The SMILES string of the molecule is C.C.C.C.C#CCO.COC(=O)c1ccc(C#CBr)cc1.COC(=O)c1ccc(C#CC#CCF)cc1.COC(=O)c1ccc(C#CC#CCO)cc1.O=C(O)c1ccc(C#CC#CCF)cc1. The predicted octanol–water partition coefficient (Wildman–Crippen LogP) is 8.66. The fourth-order valence-corrected chi connectivity index (χ4v) is 3.95. The van der Waals surface area contributed by atoms with E-state index in [1.807, 2.05) is 5.92 Å². The van der Waals surface area contributed by atoms with Crippen LogP contribution in [0.5, 0.6) is 0 Å². The van der Waals surface area contributed by atoms with Gasteiger partial charge in [-0.3, -0.25) is 0 Å². The Morgan fingerprint density at radius 3 is 0.971 bits per heavy atom. The molecule has 3 N–H and O–H groups in total. The lowest BCUT2D eigenvalue weighted by Crippen LogP contribution is -2.00. The topological polar surface area (TPSA) is 157 Å². The molecule has 0 aliphatic rings. The maximum absolute atomic E-state index is 11.6. The lowest BCUT2D eigenvalue weighted by molar-refractivity contribution is 0.0592. The van der Waals surface area contributed by atoms with Crippen LogP contribution >= 0.6 is 15.9 Å². The molecular weight excluding hydrogens is 938 g/mol. The second kappa shape index (κ2) is 45.1. The minimum Gasteiger partial charge on any atom is -0.478 e. The molecule has 0 fully saturated rings. The molecule has 0 aromatic heterocycles. The standard InChI is InChI=1S/C13H9FO2.C13H10O3.C12H7FO2.C10H7BrO2.C3H4O.4CH4/c2*1-16-13(15)12-8-6-11(7-9-12)5-3-2-4-10-14;13-9-3-1-2-4-10-5-7-11(8-6-10)12(14)15;1-13-10(12)9-4-2-8(3-5-9)6-7-11;1-2-3-4;;;;/h6-9H,10H2,1H3;6-9,14H,10H2,1H3;5-8H,9H2,(H,14,15);2-5H,1H3;1,4H,3H2;4*1H4. The van der Waals surface area contributed by atoms with Crippen molar-refractivity contribution in [3.63, 3.8) is 0 Å². The molecule has 0 saturated heterocycles. The number of halogens is 3. The average molecular weight is 992 g/mol. The summed E-state index contributed by atoms with van der Waals surface area (Å²) in [7, 11) is 4.01. The zero-order chi connectivity index (χ0) is 47.8. The molecule has 4 rings (SSSR count). The van der Waals surface area contributed by atoms with Crippen molar-refractivity contribution >= 4 is 39.8 Å². The third-order valence-corrected chi connectivity index (χ3v) is 6.82. The summed E-state index contributed by atoms with van der Waals surface area (Å²) < 4.78 is 36.8. The molecule has 0 aliphatic carbocycles. The fourth-order valence-electron chi connectivity index (χ4n) is 3.72. The molecule has 4 aromatic carbocycles. The highest BCUT2D eigenvalue weighted by molar-refractivity contribution is 9.12. The summed E-state index contributed by atoms with van der Waals surface area (Å²) in [6.45, 7) is -1.77. The first kappa shape index (κ1) is 68.6. The summed E-state index contributed by atoms with van der Waals surface area (Å²) in [5.74, 6) is 32.3. The molecule has 0 aliphatic heterocycles. The molecule has 0 radical (unpaired) electrons. The molecular formula is C55H53BrF2O10. The van der Waals surface area contributed by atoms with E-state index in [0.717, 1.165) is 11.1 Å². The number of rotatable bonds is 4. The van der Waals surface area contributed by atoms with Gasteiger partial charge in [-0.2, -0.15) is 0 Å². The highest BCUT2D eigenvalue weighted by atomic mass is 79.9.